The summed E-state index contributed by atoms with van der Waals surface area (Å²) >= 11 is 10.1. The molecule has 0 aliphatic carbocycles. The van der Waals surface area contributed by atoms with Gasteiger partial charge in [-0.05, 0) is 18.2 Å². The Morgan fingerprint density at radius 3 is 2.77 bits per heavy atom. The molecule has 6 heteroatoms. The molecule has 0 bridgehead atoms. The number of nitrogens with one attached hydrogen (secondary N) is 1. The van der Waals surface area contributed by atoms with Gasteiger partial charge in [0.05, 0.1) is 10.6 Å². The van der Waals surface area contributed by atoms with E-state index < -0.39 is 5.97 Å². The molecule has 0 saturated heterocycles. The van der Waals surface area contributed by atoms with Gasteiger partial charge in [-0.2, -0.15) is 0 Å². The van der Waals surface area contributed by atoms with Crippen molar-refractivity contribution in [2.45, 2.75) is 0 Å². The zero-order valence-corrected chi connectivity index (χ0v) is 7.79. The van der Waals surface area contributed by atoms with Crippen molar-refractivity contribution in [3.8, 4) is 0 Å². The van der Waals surface area contributed by atoms with E-state index in [4.69, 9.17) is 11.6 Å². The van der Waals surface area contributed by atoms with Gasteiger partial charge in [0.1, 0.15) is 0 Å². The molecule has 0 heterocycles. The summed E-state index contributed by atoms with van der Waals surface area (Å²) in [4.78, 5) is 13.7. The third kappa shape index (κ3) is 2.26. The lowest BCUT2D eigenvalue weighted by Gasteiger charge is -2.10. The quantitative estimate of drug-likeness (QED) is 0.776. The smallest absolute Gasteiger partial charge is 0.381 e. The van der Waals surface area contributed by atoms with Crippen LogP contribution in [0.4, 0.5) is 10.2 Å². The van der Waals surface area contributed by atoms with Gasteiger partial charge in [-0.1, -0.05) is 11.6 Å². The third-order valence-corrected chi connectivity index (χ3v) is 1.93. The number of rotatable bonds is 2. The van der Waals surface area contributed by atoms with E-state index in [1.807, 2.05) is 0 Å². The number of halogens is 2. The molecule has 0 radical (unpaired) electrons. The van der Waals surface area contributed by atoms with Crippen LogP contribution in [0, 0.1) is 0 Å². The van der Waals surface area contributed by atoms with Gasteiger partial charge in [0, 0.05) is 10.2 Å². The zero-order valence-electron chi connectivity index (χ0n) is 6.21. The summed E-state index contributed by atoms with van der Waals surface area (Å²) < 4.78 is 13.9. The fraction of sp³-hybridized carbons (Fsp3) is 0. The van der Waals surface area contributed by atoms with Crippen LogP contribution in [0.25, 0.3) is 0 Å². The van der Waals surface area contributed by atoms with Crippen molar-refractivity contribution in [2.24, 2.45) is 0 Å². The number of benzene rings is 1. The van der Waals surface area contributed by atoms with Crippen LogP contribution in [0.15, 0.2) is 18.2 Å². The molecule has 0 aromatic heterocycles. The molecular formula is C7H4ClFNO2S-. The summed E-state index contributed by atoms with van der Waals surface area (Å²) in [6.07, 6.45) is 0. The van der Waals surface area contributed by atoms with E-state index in [0.29, 0.717) is 5.69 Å². The number of hydrogen-bond donors (Lipinski definition) is 1. The highest BCUT2D eigenvalue weighted by molar-refractivity contribution is 7.60. The minimum atomic E-state index is -1.12. The van der Waals surface area contributed by atoms with Gasteiger partial charge < -0.3 is 17.5 Å². The van der Waals surface area contributed by atoms with E-state index in [-0.39, 0.29) is 10.6 Å². The number of carbonyl (C=O) groups is 1. The molecule has 1 rings (SSSR count). The van der Waals surface area contributed by atoms with Crippen LogP contribution in [-0.2, 0) is 17.8 Å². The molecule has 1 aromatic carbocycles. The molecule has 0 fully saturated rings. The molecule has 1 N–H and O–H groups in total. The van der Waals surface area contributed by atoms with Crippen molar-refractivity contribution >= 4 is 36.1 Å². The Kier molecular flexibility index (Phi) is 3.39. The average molecular weight is 221 g/mol. The predicted molar refractivity (Wildman–Crippen MR) is 49.0 cm³/mol. The Hall–Kier alpha value is -0.940. The molecule has 0 aliphatic heterocycles. The molecule has 70 valence electrons. The summed E-state index contributed by atoms with van der Waals surface area (Å²) in [5.74, 6) is -1.12. The third-order valence-electron chi connectivity index (χ3n) is 1.38. The number of anilines is 1. The Balaban J connectivity index is 3.05. The molecule has 0 aliphatic rings. The molecule has 13 heavy (non-hydrogen) atoms. The fourth-order valence-corrected chi connectivity index (χ4v) is 1.17. The second kappa shape index (κ2) is 4.34. The van der Waals surface area contributed by atoms with Crippen molar-refractivity contribution in [2.75, 3.05) is 4.72 Å². The number of hydrogen-bond acceptors (Lipinski definition) is 4. The summed E-state index contributed by atoms with van der Waals surface area (Å²) in [5.41, 5.74) is 0.508. The van der Waals surface area contributed by atoms with E-state index >= 15 is 0 Å². The summed E-state index contributed by atoms with van der Waals surface area (Å²) in [5, 5.41) is 0.0810. The van der Waals surface area contributed by atoms with Crippen LogP contribution in [0.1, 0.15) is 10.4 Å². The van der Waals surface area contributed by atoms with E-state index in [1.54, 1.807) is 0 Å². The van der Waals surface area contributed by atoms with Crippen molar-refractivity contribution in [3.05, 3.63) is 28.8 Å². The first-order chi connectivity index (χ1) is 6.19. The molecular weight excluding hydrogens is 217 g/mol. The first-order valence-corrected chi connectivity index (χ1v) is 3.98. The fourth-order valence-electron chi connectivity index (χ4n) is 0.786. The topological polar surface area (TPSA) is 38.3 Å². The largest absolute Gasteiger partial charge is 0.670 e. The normalized spacial score (nSPS) is 9.46. The monoisotopic (exact) mass is 220 g/mol. The Bertz CT molecular complexity index is 334. The van der Waals surface area contributed by atoms with Crippen LogP contribution in [0.3, 0.4) is 0 Å². The molecule has 3 nitrogen and oxygen atoms in total. The Labute approximate surface area is 84.3 Å². The maximum absolute atomic E-state index is 11.5. The van der Waals surface area contributed by atoms with Gasteiger partial charge >= 0.3 is 5.97 Å². The Morgan fingerprint density at radius 2 is 2.31 bits per heavy atom. The van der Waals surface area contributed by atoms with E-state index in [1.165, 1.54) is 18.2 Å². The van der Waals surface area contributed by atoms with Crippen LogP contribution >= 0.6 is 11.6 Å². The van der Waals surface area contributed by atoms with Gasteiger partial charge in [0.25, 0.3) is 0 Å². The lowest BCUT2D eigenvalue weighted by atomic mass is 10.2. The molecule has 0 unspecified atom stereocenters. The van der Waals surface area contributed by atoms with Crippen LogP contribution in [-0.4, -0.2) is 5.97 Å². The van der Waals surface area contributed by atoms with Crippen molar-refractivity contribution in [1.82, 2.24) is 0 Å². The highest BCUT2D eigenvalue weighted by atomic mass is 35.5. The molecule has 0 amide bonds. The minimum absolute atomic E-state index is 0.0434. The van der Waals surface area contributed by atoms with Crippen LogP contribution in [0.2, 0.25) is 5.02 Å². The highest BCUT2D eigenvalue weighted by Crippen LogP contribution is 2.21. The maximum Gasteiger partial charge on any atom is 0.381 e. The predicted octanol–water partition coefficient (Wildman–Crippen LogP) is 2.26. The molecule has 0 spiro atoms. The van der Waals surface area contributed by atoms with E-state index in [2.05, 4.69) is 22.5 Å². The van der Waals surface area contributed by atoms with Crippen molar-refractivity contribution in [1.29, 1.82) is 0 Å². The van der Waals surface area contributed by atoms with Crippen molar-refractivity contribution < 1.29 is 14.3 Å². The summed E-state index contributed by atoms with van der Waals surface area (Å²) in [6, 6.07) is 4.21. The first-order valence-electron chi connectivity index (χ1n) is 3.19. The SMILES string of the molecule is O=C(OF)c1ccc(N[S-])cc1Cl. The number of carbonyl (C=O) groups excluding carboxylic acids is 1. The van der Waals surface area contributed by atoms with Crippen LogP contribution in [0.5, 0.6) is 0 Å². The Morgan fingerprint density at radius 1 is 1.62 bits per heavy atom. The second-order valence-electron chi connectivity index (χ2n) is 2.16. The van der Waals surface area contributed by atoms with Crippen molar-refractivity contribution in [3.63, 3.8) is 0 Å². The molecule has 0 atom stereocenters. The van der Waals surface area contributed by atoms with Crippen LogP contribution < -0.4 is 4.72 Å². The van der Waals surface area contributed by atoms with Gasteiger partial charge in [-0.3, -0.25) is 0 Å². The van der Waals surface area contributed by atoms with Gasteiger partial charge in [-0.25, -0.2) is 9.74 Å². The second-order valence-corrected chi connectivity index (χ2v) is 2.77. The minimum Gasteiger partial charge on any atom is -0.670 e. The standard InChI is InChI=1S/C7H4ClFNO2S/c8-6-3-4(10-13)1-2-5(6)7(11)12-9/h1-3,10H/q-1. The summed E-state index contributed by atoms with van der Waals surface area (Å²) in [7, 11) is 0. The zero-order chi connectivity index (χ0) is 9.84. The van der Waals surface area contributed by atoms with Gasteiger partial charge in [-0.15, -0.1) is 0 Å². The molecule has 1 aromatic rings. The first kappa shape index (κ1) is 10.1. The summed E-state index contributed by atoms with van der Waals surface area (Å²) in [6.45, 7) is 0. The molecule has 0 saturated carbocycles. The van der Waals surface area contributed by atoms with Gasteiger partial charge in [0.15, 0.2) is 0 Å². The average Bonchev–Trinajstić information content (AvgIpc) is 2.16. The lowest BCUT2D eigenvalue weighted by molar-refractivity contribution is -0.0787. The van der Waals surface area contributed by atoms with Gasteiger partial charge in [0.2, 0.25) is 0 Å². The lowest BCUT2D eigenvalue weighted by Crippen LogP contribution is -2.00. The highest BCUT2D eigenvalue weighted by Gasteiger charge is 2.11. The van der Waals surface area contributed by atoms with E-state index in [9.17, 15) is 9.32 Å². The van der Waals surface area contributed by atoms with E-state index in [0.717, 1.165) is 0 Å². The maximum atomic E-state index is 11.5.